The van der Waals surface area contributed by atoms with Crippen LogP contribution in [0, 0.1) is 0 Å². The van der Waals surface area contributed by atoms with Crippen LogP contribution in [0.2, 0.25) is 0 Å². The van der Waals surface area contributed by atoms with E-state index in [9.17, 15) is 22.8 Å². The summed E-state index contributed by atoms with van der Waals surface area (Å²) >= 11 is 0. The highest BCUT2D eigenvalue weighted by Crippen LogP contribution is 2.42. The Hall–Kier alpha value is -3.21. The average Bonchev–Trinajstić information content (AvgIpc) is 3.06. The summed E-state index contributed by atoms with van der Waals surface area (Å²) in [6.45, 7) is 7.28. The lowest BCUT2D eigenvalue weighted by molar-refractivity contribution is -0.159. The number of alkyl carbamates (subject to hydrolysis) is 1. The number of ether oxygens (including phenoxy) is 2. The number of aromatic nitrogens is 2. The van der Waals surface area contributed by atoms with E-state index in [0.717, 1.165) is 10.5 Å². The Morgan fingerprint density at radius 1 is 1.17 bits per heavy atom. The zero-order valence-corrected chi connectivity index (χ0v) is 20.2. The van der Waals surface area contributed by atoms with Gasteiger partial charge in [-0.15, -0.1) is 0 Å². The van der Waals surface area contributed by atoms with Crippen LogP contribution in [0.1, 0.15) is 53.5 Å². The second-order valence-corrected chi connectivity index (χ2v) is 9.58. The molecule has 11 heteroatoms. The minimum absolute atomic E-state index is 0. The molecular weight excluding hydrogens is 465 g/mol. The molecule has 0 aliphatic carbocycles. The third-order valence-electron chi connectivity index (χ3n) is 5.33. The van der Waals surface area contributed by atoms with Crippen molar-refractivity contribution in [2.75, 3.05) is 6.67 Å². The summed E-state index contributed by atoms with van der Waals surface area (Å²) in [6.07, 6.45) is -1.54. The molecule has 0 spiro atoms. The number of nitrogens with zero attached hydrogens (tertiary/aromatic N) is 3. The van der Waals surface area contributed by atoms with Gasteiger partial charge in [0.15, 0.2) is 0 Å². The molecule has 192 valence electrons. The van der Waals surface area contributed by atoms with Gasteiger partial charge < -0.3 is 19.7 Å². The Morgan fingerprint density at radius 3 is 2.29 bits per heavy atom. The lowest BCUT2D eigenvalue weighted by Gasteiger charge is -2.32. The summed E-state index contributed by atoms with van der Waals surface area (Å²) in [5.41, 5.74) is 0.0103. The topological polar surface area (TPSA) is 93.7 Å². The molecule has 1 N–H and O–H groups in total. The van der Waals surface area contributed by atoms with Gasteiger partial charge in [0.25, 0.3) is 5.91 Å². The van der Waals surface area contributed by atoms with E-state index in [1.807, 2.05) is 0 Å². The van der Waals surface area contributed by atoms with Crippen molar-refractivity contribution in [1.82, 2.24) is 20.2 Å². The number of nitrogens with one attached hydrogen (secondary N) is 1. The molecule has 0 radical (unpaired) electrons. The summed E-state index contributed by atoms with van der Waals surface area (Å²) in [4.78, 5) is 33.0. The number of hydrogen-bond donors (Lipinski definition) is 1. The first-order chi connectivity index (χ1) is 16.3. The smallest absolute Gasteiger partial charge is 0.408 e. The molecule has 2 heterocycles. The van der Waals surface area contributed by atoms with Gasteiger partial charge in [-0.3, -0.25) is 4.79 Å². The second-order valence-electron chi connectivity index (χ2n) is 9.58. The molecule has 35 heavy (non-hydrogen) atoms. The van der Waals surface area contributed by atoms with Gasteiger partial charge in [0.05, 0.1) is 12.6 Å². The van der Waals surface area contributed by atoms with Crippen LogP contribution in [0.3, 0.4) is 0 Å². The van der Waals surface area contributed by atoms with Crippen LogP contribution in [0.5, 0.6) is 0 Å². The Kier molecular flexibility index (Phi) is 7.68. The maximum absolute atomic E-state index is 13.9. The van der Waals surface area contributed by atoms with E-state index in [2.05, 4.69) is 15.3 Å². The summed E-state index contributed by atoms with van der Waals surface area (Å²) in [7, 11) is 0. The van der Waals surface area contributed by atoms with E-state index >= 15 is 0 Å². The Bertz CT molecular complexity index is 1050. The lowest BCUT2D eigenvalue weighted by atomic mass is 9.99. The quantitative estimate of drug-likeness (QED) is 0.626. The molecule has 1 aromatic heterocycles. The minimum Gasteiger partial charge on any atom is -0.444 e. The summed E-state index contributed by atoms with van der Waals surface area (Å²) in [5, 5.41) is 2.58. The van der Waals surface area contributed by atoms with E-state index in [0.29, 0.717) is 17.0 Å². The largest absolute Gasteiger partial charge is 0.444 e. The molecule has 1 aliphatic heterocycles. The molecule has 1 aromatic carbocycles. The SMILES string of the molecule is CC(C)(C)OC(=O)NCc1ncc(-c2ccc([C@H]3OC(C)(C)N(C(=O)C(F)F)[C@@H]3CF)cc2)cn1.[HH]. The molecule has 0 unspecified atom stereocenters. The van der Waals surface area contributed by atoms with Crippen LogP contribution < -0.4 is 5.32 Å². The van der Waals surface area contributed by atoms with Crippen molar-refractivity contribution in [2.45, 2.75) is 71.1 Å². The highest BCUT2D eigenvalue weighted by atomic mass is 19.3. The maximum atomic E-state index is 13.9. The molecule has 2 aromatic rings. The normalized spacial score (nSPS) is 19.6. The zero-order chi connectivity index (χ0) is 26.0. The van der Waals surface area contributed by atoms with Crippen LogP contribution in [0.25, 0.3) is 11.1 Å². The third-order valence-corrected chi connectivity index (χ3v) is 5.33. The molecule has 0 bridgehead atoms. The predicted octanol–water partition coefficient (Wildman–Crippen LogP) is 4.65. The van der Waals surface area contributed by atoms with Crippen molar-refractivity contribution in [3.63, 3.8) is 0 Å². The van der Waals surface area contributed by atoms with Gasteiger partial charge in [0.2, 0.25) is 0 Å². The zero-order valence-electron chi connectivity index (χ0n) is 20.2. The van der Waals surface area contributed by atoms with Crippen molar-refractivity contribution in [3.8, 4) is 11.1 Å². The molecule has 3 rings (SSSR count). The van der Waals surface area contributed by atoms with E-state index in [-0.39, 0.29) is 7.97 Å². The third kappa shape index (κ3) is 6.27. The molecule has 2 atom stereocenters. The molecule has 0 saturated carbocycles. The minimum atomic E-state index is -3.25. The Balaban J connectivity index is 0.00000456. The number of rotatable bonds is 6. The van der Waals surface area contributed by atoms with E-state index in [1.54, 1.807) is 57.4 Å². The molecular formula is C24H31F3N4O4. The van der Waals surface area contributed by atoms with Crippen LogP contribution in [0.15, 0.2) is 36.7 Å². The van der Waals surface area contributed by atoms with Gasteiger partial charge in [-0.1, -0.05) is 24.3 Å². The van der Waals surface area contributed by atoms with Crippen LogP contribution in [0.4, 0.5) is 18.0 Å². The number of halogens is 3. The van der Waals surface area contributed by atoms with Crippen molar-refractivity contribution < 1.29 is 33.7 Å². The number of amides is 2. The first kappa shape index (κ1) is 26.4. The van der Waals surface area contributed by atoms with E-state index < -0.39 is 48.6 Å². The van der Waals surface area contributed by atoms with Gasteiger partial charge >= 0.3 is 12.5 Å². The summed E-state index contributed by atoms with van der Waals surface area (Å²) in [6, 6.07) is 5.70. The first-order valence-corrected chi connectivity index (χ1v) is 11.1. The monoisotopic (exact) mass is 496 g/mol. The molecule has 1 fully saturated rings. The Morgan fingerprint density at radius 2 is 1.77 bits per heavy atom. The van der Waals surface area contributed by atoms with Gasteiger partial charge in [0, 0.05) is 19.4 Å². The average molecular weight is 497 g/mol. The lowest BCUT2D eigenvalue weighted by Crippen LogP contribution is -2.51. The first-order valence-electron chi connectivity index (χ1n) is 11.1. The predicted molar refractivity (Wildman–Crippen MR) is 123 cm³/mol. The van der Waals surface area contributed by atoms with Crippen molar-refractivity contribution >= 4 is 12.0 Å². The van der Waals surface area contributed by atoms with Gasteiger partial charge in [-0.25, -0.2) is 19.2 Å². The standard InChI is InChI=1S/C24H29F3N4O4.H2/c1-23(2,3)35-22(33)30-13-18-28-11-16(12-29-18)14-6-8-15(9-7-14)19-17(10-25)31(21(32)20(26)27)24(4,5)34-19;/h6-9,11-12,17,19-20H,10,13H2,1-5H3,(H,30,33);1H/t17-,19-;/m1./s1. The molecule has 1 aliphatic rings. The van der Waals surface area contributed by atoms with E-state index in [1.165, 1.54) is 13.8 Å². The summed E-state index contributed by atoms with van der Waals surface area (Å²) in [5.74, 6) is -1.07. The fraction of sp³-hybridized carbons (Fsp3) is 0.500. The second kappa shape index (κ2) is 10.2. The number of carbonyl (C=O) groups is 2. The van der Waals surface area contributed by atoms with Crippen molar-refractivity contribution in [1.29, 1.82) is 0 Å². The van der Waals surface area contributed by atoms with E-state index in [4.69, 9.17) is 9.47 Å². The van der Waals surface area contributed by atoms with Crippen molar-refractivity contribution in [3.05, 3.63) is 48.0 Å². The number of benzene rings is 1. The fourth-order valence-corrected chi connectivity index (χ4v) is 3.88. The number of hydrogen-bond acceptors (Lipinski definition) is 6. The number of alkyl halides is 3. The van der Waals surface area contributed by atoms with Crippen LogP contribution in [-0.4, -0.2) is 57.3 Å². The molecule has 1 saturated heterocycles. The maximum Gasteiger partial charge on any atom is 0.408 e. The Labute approximate surface area is 203 Å². The molecule has 2 amide bonds. The van der Waals surface area contributed by atoms with Gasteiger partial charge in [-0.2, -0.15) is 8.78 Å². The fourth-order valence-electron chi connectivity index (χ4n) is 3.88. The van der Waals surface area contributed by atoms with Crippen LogP contribution >= 0.6 is 0 Å². The van der Waals surface area contributed by atoms with Crippen LogP contribution in [-0.2, 0) is 20.8 Å². The van der Waals surface area contributed by atoms with Gasteiger partial charge in [0.1, 0.15) is 29.9 Å². The van der Waals surface area contributed by atoms with Crippen molar-refractivity contribution in [2.24, 2.45) is 0 Å². The highest BCUT2D eigenvalue weighted by Gasteiger charge is 2.52. The summed E-state index contributed by atoms with van der Waals surface area (Å²) < 4.78 is 51.0. The number of carbonyl (C=O) groups excluding carboxylic acids is 2. The highest BCUT2D eigenvalue weighted by molar-refractivity contribution is 5.80. The van der Waals surface area contributed by atoms with Gasteiger partial charge in [-0.05, 0) is 45.7 Å². The molecule has 8 nitrogen and oxygen atoms in total.